The predicted molar refractivity (Wildman–Crippen MR) is 127 cm³/mol. The molecule has 1 N–H and O–H groups in total. The van der Waals surface area contributed by atoms with E-state index in [1.165, 1.54) is 5.01 Å². The summed E-state index contributed by atoms with van der Waals surface area (Å²) in [6, 6.07) is 22.2. The first-order valence-electron chi connectivity index (χ1n) is 9.87. The van der Waals surface area contributed by atoms with Gasteiger partial charge in [-0.2, -0.15) is 10.1 Å². The molecule has 31 heavy (non-hydrogen) atoms. The first kappa shape index (κ1) is 20.6. The molecular formula is C26H21ClN2O2. The van der Waals surface area contributed by atoms with E-state index < -0.39 is 0 Å². The maximum atomic E-state index is 13.4. The summed E-state index contributed by atoms with van der Waals surface area (Å²) in [5.74, 6) is -0.0813. The number of para-hydroxylation sites is 1. The number of aromatic hydroxyl groups is 1. The van der Waals surface area contributed by atoms with Gasteiger partial charge in [0.05, 0.1) is 17.0 Å². The van der Waals surface area contributed by atoms with Crippen LogP contribution in [0.3, 0.4) is 0 Å². The van der Waals surface area contributed by atoms with Crippen molar-refractivity contribution >= 4 is 40.6 Å². The number of hydrogen-bond donors (Lipinski definition) is 1. The summed E-state index contributed by atoms with van der Waals surface area (Å²) in [6.07, 6.45) is 3.59. The van der Waals surface area contributed by atoms with Crippen LogP contribution in [0.2, 0.25) is 5.02 Å². The summed E-state index contributed by atoms with van der Waals surface area (Å²) >= 11 is 6.09. The van der Waals surface area contributed by atoms with E-state index in [4.69, 9.17) is 11.6 Å². The van der Waals surface area contributed by atoms with Gasteiger partial charge in [0.25, 0.3) is 5.91 Å². The van der Waals surface area contributed by atoms with Gasteiger partial charge in [-0.1, -0.05) is 71.8 Å². The first-order valence-corrected chi connectivity index (χ1v) is 10.2. The standard InChI is InChI=1S/C26H21ClN2O2/c1-17-8-10-19(11-9-17)23(14-12-20-16-21(27)13-15-24(20)30)25-18(2)28-29(26(25)31)22-6-4-3-5-7-22/h3-16,30H,1-2H3/b14-12-,25-23-. The molecule has 0 bridgehead atoms. The van der Waals surface area contributed by atoms with E-state index in [0.29, 0.717) is 27.6 Å². The number of phenolic OH excluding ortho intramolecular Hbond substituents is 1. The molecule has 1 heterocycles. The SMILES string of the molecule is CC1=NN(c2ccccc2)C(=O)/C1=C(/C=C\c1cc(Cl)ccc1O)c1ccc(C)cc1. The lowest BCUT2D eigenvalue weighted by Crippen LogP contribution is -2.21. The Kier molecular flexibility index (Phi) is 5.74. The van der Waals surface area contributed by atoms with Crippen LogP contribution in [0.5, 0.6) is 5.75 Å². The maximum absolute atomic E-state index is 13.4. The second kappa shape index (κ2) is 8.62. The van der Waals surface area contributed by atoms with Crippen LogP contribution in [0.25, 0.3) is 11.6 Å². The van der Waals surface area contributed by atoms with Crippen LogP contribution in [0.1, 0.15) is 23.6 Å². The number of carbonyl (C=O) groups excluding carboxylic acids is 1. The van der Waals surface area contributed by atoms with Crippen molar-refractivity contribution in [3.63, 3.8) is 0 Å². The molecule has 1 amide bonds. The molecule has 0 spiro atoms. The van der Waals surface area contributed by atoms with Crippen molar-refractivity contribution in [3.8, 4) is 5.75 Å². The van der Waals surface area contributed by atoms with Gasteiger partial charge in [0.1, 0.15) is 5.75 Å². The van der Waals surface area contributed by atoms with E-state index in [1.807, 2.05) is 74.5 Å². The Morgan fingerprint density at radius 3 is 2.42 bits per heavy atom. The van der Waals surface area contributed by atoms with Crippen LogP contribution in [0, 0.1) is 6.92 Å². The van der Waals surface area contributed by atoms with Crippen LogP contribution >= 0.6 is 11.6 Å². The number of amides is 1. The fourth-order valence-electron chi connectivity index (χ4n) is 3.45. The molecule has 0 fully saturated rings. The molecular weight excluding hydrogens is 408 g/mol. The minimum Gasteiger partial charge on any atom is -0.507 e. The number of benzene rings is 3. The number of aryl methyl sites for hydroxylation is 1. The Hall–Kier alpha value is -3.63. The summed E-state index contributed by atoms with van der Waals surface area (Å²) in [7, 11) is 0. The van der Waals surface area contributed by atoms with Gasteiger partial charge in [0.15, 0.2) is 0 Å². The molecule has 1 aliphatic rings. The van der Waals surface area contributed by atoms with Crippen molar-refractivity contribution in [2.75, 3.05) is 5.01 Å². The monoisotopic (exact) mass is 428 g/mol. The van der Waals surface area contributed by atoms with Crippen molar-refractivity contribution < 1.29 is 9.90 Å². The van der Waals surface area contributed by atoms with Gasteiger partial charge in [-0.05, 0) is 55.3 Å². The fourth-order valence-corrected chi connectivity index (χ4v) is 3.63. The lowest BCUT2D eigenvalue weighted by Gasteiger charge is -2.13. The second-order valence-corrected chi connectivity index (χ2v) is 7.77. The minimum absolute atomic E-state index is 0.114. The van der Waals surface area contributed by atoms with Crippen LogP contribution in [0.4, 0.5) is 5.69 Å². The van der Waals surface area contributed by atoms with Crippen LogP contribution in [-0.2, 0) is 4.79 Å². The van der Waals surface area contributed by atoms with E-state index >= 15 is 0 Å². The average Bonchev–Trinajstić information content (AvgIpc) is 3.07. The summed E-state index contributed by atoms with van der Waals surface area (Å²) < 4.78 is 0. The summed E-state index contributed by atoms with van der Waals surface area (Å²) in [5.41, 5.74) is 5.16. The molecule has 0 saturated carbocycles. The highest BCUT2D eigenvalue weighted by Gasteiger charge is 2.31. The highest BCUT2D eigenvalue weighted by atomic mass is 35.5. The molecule has 0 saturated heterocycles. The summed E-state index contributed by atoms with van der Waals surface area (Å²) in [6.45, 7) is 3.84. The van der Waals surface area contributed by atoms with Gasteiger partial charge in [-0.25, -0.2) is 0 Å². The number of carbonyl (C=O) groups is 1. The molecule has 3 aromatic carbocycles. The number of phenols is 1. The fraction of sp³-hybridized carbons (Fsp3) is 0.0769. The zero-order valence-corrected chi connectivity index (χ0v) is 18.0. The van der Waals surface area contributed by atoms with Gasteiger partial charge in [0, 0.05) is 10.6 Å². The molecule has 0 atom stereocenters. The van der Waals surface area contributed by atoms with E-state index in [9.17, 15) is 9.90 Å². The second-order valence-electron chi connectivity index (χ2n) is 7.33. The highest BCUT2D eigenvalue weighted by molar-refractivity contribution is 6.34. The molecule has 0 aliphatic carbocycles. The Bertz CT molecular complexity index is 1230. The smallest absolute Gasteiger partial charge is 0.281 e. The zero-order valence-electron chi connectivity index (χ0n) is 17.2. The maximum Gasteiger partial charge on any atom is 0.281 e. The van der Waals surface area contributed by atoms with Gasteiger partial charge in [-0.15, -0.1) is 0 Å². The third-order valence-corrected chi connectivity index (χ3v) is 5.30. The Labute approximate surface area is 186 Å². The van der Waals surface area contributed by atoms with Crippen molar-refractivity contribution in [1.82, 2.24) is 0 Å². The number of nitrogens with zero attached hydrogens (tertiary/aromatic N) is 2. The molecule has 5 heteroatoms. The third kappa shape index (κ3) is 4.30. The molecule has 4 nitrogen and oxygen atoms in total. The molecule has 4 rings (SSSR count). The number of hydrogen-bond acceptors (Lipinski definition) is 3. The number of halogens is 1. The molecule has 0 aromatic heterocycles. The molecule has 154 valence electrons. The average molecular weight is 429 g/mol. The van der Waals surface area contributed by atoms with Crippen LogP contribution in [-0.4, -0.2) is 16.7 Å². The Morgan fingerprint density at radius 2 is 1.71 bits per heavy atom. The topological polar surface area (TPSA) is 52.9 Å². The normalized spacial score (nSPS) is 15.5. The molecule has 0 unspecified atom stereocenters. The molecule has 3 aromatic rings. The summed E-state index contributed by atoms with van der Waals surface area (Å²) in [4.78, 5) is 13.4. The van der Waals surface area contributed by atoms with E-state index in [2.05, 4.69) is 5.10 Å². The quantitative estimate of drug-likeness (QED) is 0.500. The largest absolute Gasteiger partial charge is 0.507 e. The zero-order chi connectivity index (χ0) is 22.0. The van der Waals surface area contributed by atoms with Gasteiger partial charge < -0.3 is 5.11 Å². The van der Waals surface area contributed by atoms with Crippen LogP contribution < -0.4 is 5.01 Å². The molecule has 0 radical (unpaired) electrons. The Morgan fingerprint density at radius 1 is 1.00 bits per heavy atom. The summed E-state index contributed by atoms with van der Waals surface area (Å²) in [5, 5.41) is 16.6. The van der Waals surface area contributed by atoms with Crippen LogP contribution in [0.15, 0.2) is 89.5 Å². The molecule has 1 aliphatic heterocycles. The van der Waals surface area contributed by atoms with E-state index in [1.54, 1.807) is 24.3 Å². The number of hydrazone groups is 1. The predicted octanol–water partition coefficient (Wildman–Crippen LogP) is 6.24. The van der Waals surface area contributed by atoms with Gasteiger partial charge in [-0.3, -0.25) is 4.79 Å². The number of anilines is 1. The van der Waals surface area contributed by atoms with Crippen molar-refractivity contribution in [3.05, 3.63) is 106 Å². The highest BCUT2D eigenvalue weighted by Crippen LogP contribution is 2.31. The van der Waals surface area contributed by atoms with Crippen molar-refractivity contribution in [1.29, 1.82) is 0 Å². The van der Waals surface area contributed by atoms with Crippen molar-refractivity contribution in [2.24, 2.45) is 5.10 Å². The van der Waals surface area contributed by atoms with E-state index in [0.717, 1.165) is 16.7 Å². The van der Waals surface area contributed by atoms with Crippen molar-refractivity contribution in [2.45, 2.75) is 13.8 Å². The lowest BCUT2D eigenvalue weighted by molar-refractivity contribution is -0.114. The van der Waals surface area contributed by atoms with E-state index in [-0.39, 0.29) is 11.7 Å². The van der Waals surface area contributed by atoms with Gasteiger partial charge >= 0.3 is 0 Å². The number of allylic oxidation sites excluding steroid dienone is 2. The Balaban J connectivity index is 1.84. The lowest BCUT2D eigenvalue weighted by atomic mass is 9.95. The third-order valence-electron chi connectivity index (χ3n) is 5.07. The minimum atomic E-state index is -0.195. The number of rotatable bonds is 4. The van der Waals surface area contributed by atoms with Gasteiger partial charge in [0.2, 0.25) is 0 Å². The first-order chi connectivity index (χ1) is 14.9.